The van der Waals surface area contributed by atoms with Crippen molar-refractivity contribution in [1.82, 2.24) is 10.3 Å². The van der Waals surface area contributed by atoms with Crippen LogP contribution in [0.15, 0.2) is 18.0 Å². The summed E-state index contributed by atoms with van der Waals surface area (Å²) in [6.07, 6.45) is 3.01. The highest BCUT2D eigenvalue weighted by molar-refractivity contribution is 7.09. The van der Waals surface area contributed by atoms with Crippen LogP contribution in [0, 0.1) is 5.41 Å². The van der Waals surface area contributed by atoms with Gasteiger partial charge in [-0.25, -0.2) is 4.98 Å². The van der Waals surface area contributed by atoms with Gasteiger partial charge in [-0.3, -0.25) is 0 Å². The quantitative estimate of drug-likeness (QED) is 0.793. The monoisotopic (exact) mass is 266 g/mol. The number of hydrogen-bond donors (Lipinski definition) is 1. The molecule has 0 radical (unpaired) electrons. The molecule has 1 aromatic heterocycles. The summed E-state index contributed by atoms with van der Waals surface area (Å²) in [6, 6.07) is 0. The topological polar surface area (TPSA) is 24.9 Å². The fourth-order valence-corrected chi connectivity index (χ4v) is 2.92. The zero-order valence-electron chi connectivity index (χ0n) is 12.3. The van der Waals surface area contributed by atoms with E-state index in [0.29, 0.717) is 0 Å². The van der Waals surface area contributed by atoms with Crippen LogP contribution in [-0.4, -0.2) is 18.1 Å². The van der Waals surface area contributed by atoms with E-state index in [1.165, 1.54) is 10.7 Å². The van der Waals surface area contributed by atoms with E-state index < -0.39 is 0 Å². The lowest BCUT2D eigenvalue weighted by atomic mass is 9.87. The second kappa shape index (κ2) is 5.98. The van der Waals surface area contributed by atoms with Crippen molar-refractivity contribution in [2.75, 3.05) is 13.1 Å². The second-order valence-corrected chi connectivity index (χ2v) is 7.13. The summed E-state index contributed by atoms with van der Waals surface area (Å²) >= 11 is 1.77. The van der Waals surface area contributed by atoms with Crippen LogP contribution in [0.25, 0.3) is 0 Å². The van der Waals surface area contributed by atoms with Gasteiger partial charge in [0.2, 0.25) is 0 Å². The summed E-state index contributed by atoms with van der Waals surface area (Å²) in [5, 5.41) is 6.80. The molecule has 1 heterocycles. The predicted octanol–water partition coefficient (Wildman–Crippen LogP) is 3.78. The minimum absolute atomic E-state index is 0.0863. The SMILES string of the molecule is C=CC(C)(CNCC)Cc1nc(C(C)(C)C)cs1. The summed E-state index contributed by atoms with van der Waals surface area (Å²) in [7, 11) is 0. The molecular formula is C15H26N2S. The van der Waals surface area contributed by atoms with Crippen molar-refractivity contribution in [3.63, 3.8) is 0 Å². The lowest BCUT2D eigenvalue weighted by Gasteiger charge is -2.25. The summed E-state index contributed by atoms with van der Waals surface area (Å²) in [5.74, 6) is 0. The Labute approximate surface area is 116 Å². The Balaban J connectivity index is 2.76. The van der Waals surface area contributed by atoms with Gasteiger partial charge in [0.1, 0.15) is 0 Å². The standard InChI is InChI=1S/C15H26N2S/c1-7-15(6,11-16-8-2)9-13-17-12(10-18-13)14(3,4)5/h7,10,16H,1,8-9,11H2,2-6H3. The molecule has 0 amide bonds. The number of thiazole rings is 1. The van der Waals surface area contributed by atoms with Crippen LogP contribution in [0.5, 0.6) is 0 Å². The zero-order chi connectivity index (χ0) is 13.8. The highest BCUT2D eigenvalue weighted by Gasteiger charge is 2.24. The van der Waals surface area contributed by atoms with Crippen LogP contribution in [-0.2, 0) is 11.8 Å². The molecule has 3 heteroatoms. The first kappa shape index (κ1) is 15.4. The average molecular weight is 266 g/mol. The molecule has 0 aromatic carbocycles. The Hall–Kier alpha value is -0.670. The van der Waals surface area contributed by atoms with Gasteiger partial charge in [0.15, 0.2) is 0 Å². The van der Waals surface area contributed by atoms with E-state index >= 15 is 0 Å². The highest BCUT2D eigenvalue weighted by atomic mass is 32.1. The number of hydrogen-bond acceptors (Lipinski definition) is 3. The van der Waals surface area contributed by atoms with E-state index in [-0.39, 0.29) is 10.8 Å². The highest BCUT2D eigenvalue weighted by Crippen LogP contribution is 2.29. The van der Waals surface area contributed by atoms with Crippen molar-refractivity contribution in [1.29, 1.82) is 0 Å². The second-order valence-electron chi connectivity index (χ2n) is 6.19. The van der Waals surface area contributed by atoms with Crippen LogP contribution in [0.3, 0.4) is 0 Å². The first-order chi connectivity index (χ1) is 8.30. The van der Waals surface area contributed by atoms with Crippen LogP contribution in [0.2, 0.25) is 0 Å². The molecular weight excluding hydrogens is 240 g/mol. The molecule has 0 spiro atoms. The maximum Gasteiger partial charge on any atom is 0.0937 e. The Bertz CT molecular complexity index is 389. The van der Waals surface area contributed by atoms with Crippen LogP contribution >= 0.6 is 11.3 Å². The van der Waals surface area contributed by atoms with Gasteiger partial charge in [0, 0.05) is 29.2 Å². The largest absolute Gasteiger partial charge is 0.316 e. The molecule has 1 atom stereocenters. The van der Waals surface area contributed by atoms with Gasteiger partial charge < -0.3 is 5.32 Å². The van der Waals surface area contributed by atoms with E-state index in [1.807, 2.05) is 6.08 Å². The van der Waals surface area contributed by atoms with Gasteiger partial charge in [-0.1, -0.05) is 40.7 Å². The van der Waals surface area contributed by atoms with Gasteiger partial charge in [-0.05, 0) is 6.54 Å². The molecule has 0 aliphatic carbocycles. The summed E-state index contributed by atoms with van der Waals surface area (Å²) in [6.45, 7) is 16.9. The van der Waals surface area contributed by atoms with E-state index in [9.17, 15) is 0 Å². The van der Waals surface area contributed by atoms with Crippen molar-refractivity contribution in [3.05, 3.63) is 28.7 Å². The third-order valence-electron chi connectivity index (χ3n) is 3.15. The van der Waals surface area contributed by atoms with Gasteiger partial charge >= 0.3 is 0 Å². The third kappa shape index (κ3) is 4.21. The molecule has 0 saturated heterocycles. The molecule has 102 valence electrons. The molecule has 0 saturated carbocycles. The first-order valence-electron chi connectivity index (χ1n) is 6.60. The molecule has 2 nitrogen and oxygen atoms in total. The smallest absolute Gasteiger partial charge is 0.0937 e. The third-order valence-corrected chi connectivity index (χ3v) is 4.00. The maximum atomic E-state index is 4.77. The van der Waals surface area contributed by atoms with Gasteiger partial charge in [0.05, 0.1) is 10.7 Å². The summed E-state index contributed by atoms with van der Waals surface area (Å²) in [5.41, 5.74) is 1.42. The molecule has 1 unspecified atom stereocenters. The van der Waals surface area contributed by atoms with E-state index in [4.69, 9.17) is 4.98 Å². The predicted molar refractivity (Wildman–Crippen MR) is 81.4 cm³/mol. The first-order valence-corrected chi connectivity index (χ1v) is 7.48. The van der Waals surface area contributed by atoms with Crippen molar-refractivity contribution < 1.29 is 0 Å². The number of nitrogens with zero attached hydrogens (tertiary/aromatic N) is 1. The van der Waals surface area contributed by atoms with Crippen LogP contribution in [0.1, 0.15) is 45.3 Å². The molecule has 1 aromatic rings. The van der Waals surface area contributed by atoms with Crippen molar-refractivity contribution in [3.8, 4) is 0 Å². The lowest BCUT2D eigenvalue weighted by Crippen LogP contribution is -2.31. The summed E-state index contributed by atoms with van der Waals surface area (Å²) in [4.78, 5) is 4.77. The van der Waals surface area contributed by atoms with Gasteiger partial charge in [-0.15, -0.1) is 17.9 Å². The fourth-order valence-electron chi connectivity index (χ4n) is 1.70. The zero-order valence-corrected chi connectivity index (χ0v) is 13.2. The number of rotatable bonds is 6. The maximum absolute atomic E-state index is 4.77. The average Bonchev–Trinajstić information content (AvgIpc) is 2.74. The number of aromatic nitrogens is 1. The molecule has 0 aliphatic rings. The van der Waals surface area contributed by atoms with Crippen LogP contribution in [0.4, 0.5) is 0 Å². The summed E-state index contributed by atoms with van der Waals surface area (Å²) < 4.78 is 0. The molecule has 0 bridgehead atoms. The fraction of sp³-hybridized carbons (Fsp3) is 0.667. The van der Waals surface area contributed by atoms with Gasteiger partial charge in [0.25, 0.3) is 0 Å². The van der Waals surface area contributed by atoms with E-state index in [1.54, 1.807) is 11.3 Å². The molecule has 1 N–H and O–H groups in total. The van der Waals surface area contributed by atoms with Crippen molar-refractivity contribution in [2.45, 2.75) is 46.5 Å². The lowest BCUT2D eigenvalue weighted by molar-refractivity contribution is 0.394. The minimum atomic E-state index is 0.0863. The Morgan fingerprint density at radius 3 is 2.50 bits per heavy atom. The van der Waals surface area contributed by atoms with Crippen molar-refractivity contribution >= 4 is 11.3 Å². The van der Waals surface area contributed by atoms with Gasteiger partial charge in [-0.2, -0.15) is 0 Å². The molecule has 18 heavy (non-hydrogen) atoms. The van der Waals surface area contributed by atoms with Crippen LogP contribution < -0.4 is 5.32 Å². The Morgan fingerprint density at radius 2 is 2.06 bits per heavy atom. The molecule has 0 aliphatic heterocycles. The Morgan fingerprint density at radius 1 is 1.39 bits per heavy atom. The molecule has 0 fully saturated rings. The minimum Gasteiger partial charge on any atom is -0.316 e. The van der Waals surface area contributed by atoms with E-state index in [2.05, 4.69) is 51.9 Å². The normalized spacial score (nSPS) is 15.4. The Kier molecular flexibility index (Phi) is 5.11. The van der Waals surface area contributed by atoms with Crippen molar-refractivity contribution in [2.24, 2.45) is 5.41 Å². The number of nitrogens with one attached hydrogen (secondary N) is 1. The molecule has 1 rings (SSSR count). The van der Waals surface area contributed by atoms with E-state index in [0.717, 1.165) is 19.5 Å².